The third-order valence-corrected chi connectivity index (χ3v) is 4.60. The van der Waals surface area contributed by atoms with E-state index in [4.69, 9.17) is 0 Å². The molecule has 1 atom stereocenters. The fraction of sp³-hybridized carbons (Fsp3) is 0.190. The lowest BCUT2D eigenvalue weighted by atomic mass is 10.0. The van der Waals surface area contributed by atoms with Crippen molar-refractivity contribution in [2.24, 2.45) is 0 Å². The van der Waals surface area contributed by atoms with Gasteiger partial charge in [-0.3, -0.25) is 9.59 Å². The van der Waals surface area contributed by atoms with Gasteiger partial charge in [-0.05, 0) is 38.5 Å². The molecule has 1 N–H and O–H groups in total. The van der Waals surface area contributed by atoms with Gasteiger partial charge in [0.1, 0.15) is 11.7 Å². The SMILES string of the molecule is Cc1ccc(C)c(-c2ccc(=O)n([C@@H](C)C(=O)Nc3c(F)c(F)cc(F)c3F)n2)c1. The highest BCUT2D eigenvalue weighted by Gasteiger charge is 2.25. The van der Waals surface area contributed by atoms with Gasteiger partial charge in [-0.1, -0.05) is 17.7 Å². The Morgan fingerprint density at radius 3 is 2.27 bits per heavy atom. The molecular formula is C21H17F4N3O2. The van der Waals surface area contributed by atoms with Crippen LogP contribution in [0.5, 0.6) is 0 Å². The van der Waals surface area contributed by atoms with E-state index in [1.807, 2.05) is 32.0 Å². The molecule has 3 rings (SSSR count). The highest BCUT2D eigenvalue weighted by atomic mass is 19.2. The number of hydrogen-bond donors (Lipinski definition) is 1. The fourth-order valence-electron chi connectivity index (χ4n) is 2.88. The van der Waals surface area contributed by atoms with Crippen molar-refractivity contribution >= 4 is 11.6 Å². The number of benzene rings is 2. The molecule has 1 heterocycles. The van der Waals surface area contributed by atoms with Gasteiger partial charge in [0.2, 0.25) is 5.91 Å². The molecule has 0 unspecified atom stereocenters. The number of nitrogens with zero attached hydrogens (tertiary/aromatic N) is 2. The van der Waals surface area contributed by atoms with Crippen LogP contribution in [0, 0.1) is 37.1 Å². The van der Waals surface area contributed by atoms with Gasteiger partial charge >= 0.3 is 0 Å². The third kappa shape index (κ3) is 3.96. The van der Waals surface area contributed by atoms with E-state index in [1.165, 1.54) is 19.1 Å². The summed E-state index contributed by atoms with van der Waals surface area (Å²) < 4.78 is 55.2. The molecule has 0 spiro atoms. The van der Waals surface area contributed by atoms with Crippen molar-refractivity contribution < 1.29 is 22.4 Å². The Bertz CT molecular complexity index is 1180. The zero-order valence-corrected chi connectivity index (χ0v) is 16.3. The van der Waals surface area contributed by atoms with Crippen LogP contribution >= 0.6 is 0 Å². The van der Waals surface area contributed by atoms with Crippen LogP contribution in [0.4, 0.5) is 23.2 Å². The average Bonchev–Trinajstić information content (AvgIpc) is 2.71. The van der Waals surface area contributed by atoms with E-state index in [-0.39, 0.29) is 6.07 Å². The number of carbonyl (C=O) groups excluding carboxylic acids is 1. The monoisotopic (exact) mass is 419 g/mol. The third-order valence-electron chi connectivity index (χ3n) is 4.60. The minimum absolute atomic E-state index is 0.0312. The molecule has 30 heavy (non-hydrogen) atoms. The lowest BCUT2D eigenvalue weighted by molar-refractivity contribution is -0.119. The van der Waals surface area contributed by atoms with Crippen LogP contribution in [-0.4, -0.2) is 15.7 Å². The number of amides is 1. The van der Waals surface area contributed by atoms with Crippen LogP contribution < -0.4 is 10.9 Å². The van der Waals surface area contributed by atoms with Crippen LogP contribution in [0.15, 0.2) is 41.2 Å². The van der Waals surface area contributed by atoms with E-state index < -0.39 is 46.5 Å². The van der Waals surface area contributed by atoms with Crippen molar-refractivity contribution in [1.29, 1.82) is 0 Å². The summed E-state index contributed by atoms with van der Waals surface area (Å²) in [6, 6.07) is 7.05. The molecule has 0 saturated heterocycles. The Balaban J connectivity index is 1.98. The molecule has 1 amide bonds. The Morgan fingerprint density at radius 2 is 1.63 bits per heavy atom. The lowest BCUT2D eigenvalue weighted by Gasteiger charge is -2.16. The number of nitrogens with one attached hydrogen (secondary N) is 1. The summed E-state index contributed by atoms with van der Waals surface area (Å²) >= 11 is 0. The zero-order chi connectivity index (χ0) is 22.2. The molecule has 9 heteroatoms. The predicted octanol–water partition coefficient (Wildman–Crippen LogP) is 4.28. The first-order chi connectivity index (χ1) is 14.1. The molecule has 3 aromatic rings. The van der Waals surface area contributed by atoms with Crippen molar-refractivity contribution in [1.82, 2.24) is 9.78 Å². The van der Waals surface area contributed by atoms with E-state index in [0.717, 1.165) is 21.4 Å². The number of anilines is 1. The second kappa shape index (κ2) is 8.10. The number of aromatic nitrogens is 2. The Hall–Kier alpha value is -3.49. The Kier molecular flexibility index (Phi) is 5.73. The molecule has 1 aromatic heterocycles. The van der Waals surface area contributed by atoms with Gasteiger partial charge in [0.25, 0.3) is 5.56 Å². The summed E-state index contributed by atoms with van der Waals surface area (Å²) in [7, 11) is 0. The van der Waals surface area contributed by atoms with E-state index in [0.29, 0.717) is 5.69 Å². The molecule has 0 fully saturated rings. The first kappa shape index (κ1) is 21.2. The standard InChI is InChI=1S/C21H17F4N3O2/c1-10-4-5-11(2)13(8-10)16-6-7-17(29)28(27-16)12(3)21(30)26-20-18(24)14(22)9-15(23)19(20)25/h4-9,12H,1-3H3,(H,26,30)/t12-/m0/s1. The van der Waals surface area contributed by atoms with Crippen molar-refractivity contribution in [2.45, 2.75) is 26.8 Å². The predicted molar refractivity (Wildman–Crippen MR) is 103 cm³/mol. The summed E-state index contributed by atoms with van der Waals surface area (Å²) in [4.78, 5) is 24.7. The molecule has 0 bridgehead atoms. The minimum Gasteiger partial charge on any atom is -0.319 e. The number of hydrogen-bond acceptors (Lipinski definition) is 3. The van der Waals surface area contributed by atoms with Crippen molar-refractivity contribution in [3.05, 3.63) is 81.1 Å². The Morgan fingerprint density at radius 1 is 1.00 bits per heavy atom. The normalized spacial score (nSPS) is 12.0. The fourth-order valence-corrected chi connectivity index (χ4v) is 2.88. The molecule has 2 aromatic carbocycles. The molecule has 0 saturated carbocycles. The van der Waals surface area contributed by atoms with Gasteiger partial charge in [-0.25, -0.2) is 22.2 Å². The zero-order valence-electron chi connectivity index (χ0n) is 16.3. The number of aryl methyl sites for hydroxylation is 2. The van der Waals surface area contributed by atoms with Crippen molar-refractivity contribution in [3.63, 3.8) is 0 Å². The van der Waals surface area contributed by atoms with Gasteiger partial charge in [0.15, 0.2) is 23.3 Å². The van der Waals surface area contributed by atoms with E-state index >= 15 is 0 Å². The molecular weight excluding hydrogens is 402 g/mol. The van der Waals surface area contributed by atoms with Gasteiger partial charge in [-0.2, -0.15) is 5.10 Å². The van der Waals surface area contributed by atoms with Crippen molar-refractivity contribution in [3.8, 4) is 11.3 Å². The highest BCUT2D eigenvalue weighted by molar-refractivity contribution is 5.93. The van der Waals surface area contributed by atoms with E-state index in [2.05, 4.69) is 5.10 Å². The smallest absolute Gasteiger partial charge is 0.267 e. The maximum absolute atomic E-state index is 13.8. The van der Waals surface area contributed by atoms with Gasteiger partial charge < -0.3 is 5.32 Å². The number of rotatable bonds is 4. The van der Waals surface area contributed by atoms with Crippen LogP contribution in [0.25, 0.3) is 11.3 Å². The molecule has 0 aliphatic heterocycles. The van der Waals surface area contributed by atoms with Crippen LogP contribution in [0.1, 0.15) is 24.1 Å². The minimum atomic E-state index is -1.75. The molecule has 0 aliphatic carbocycles. The quantitative estimate of drug-likeness (QED) is 0.507. The van der Waals surface area contributed by atoms with Crippen LogP contribution in [-0.2, 0) is 4.79 Å². The van der Waals surface area contributed by atoms with Crippen molar-refractivity contribution in [2.75, 3.05) is 5.32 Å². The molecule has 0 aliphatic rings. The summed E-state index contributed by atoms with van der Waals surface area (Å²) in [6.07, 6.45) is 0. The van der Waals surface area contributed by atoms with Crippen LogP contribution in [0.2, 0.25) is 0 Å². The van der Waals surface area contributed by atoms with Gasteiger partial charge in [0, 0.05) is 17.7 Å². The maximum Gasteiger partial charge on any atom is 0.267 e. The molecule has 0 radical (unpaired) electrons. The average molecular weight is 419 g/mol. The second-order valence-corrected chi connectivity index (χ2v) is 6.83. The summed E-state index contributed by atoms with van der Waals surface area (Å²) in [5, 5.41) is 5.99. The maximum atomic E-state index is 13.8. The van der Waals surface area contributed by atoms with E-state index in [1.54, 1.807) is 5.32 Å². The van der Waals surface area contributed by atoms with Gasteiger partial charge in [0.05, 0.1) is 5.69 Å². The van der Waals surface area contributed by atoms with Gasteiger partial charge in [-0.15, -0.1) is 0 Å². The van der Waals surface area contributed by atoms with E-state index in [9.17, 15) is 27.2 Å². The largest absolute Gasteiger partial charge is 0.319 e. The molecule has 5 nitrogen and oxygen atoms in total. The first-order valence-corrected chi connectivity index (χ1v) is 8.91. The number of carbonyl (C=O) groups is 1. The topological polar surface area (TPSA) is 64.0 Å². The summed E-state index contributed by atoms with van der Waals surface area (Å²) in [5.41, 5.74) is 1.07. The highest BCUT2D eigenvalue weighted by Crippen LogP contribution is 2.25. The summed E-state index contributed by atoms with van der Waals surface area (Å²) in [6.45, 7) is 5.00. The number of halogens is 4. The lowest BCUT2D eigenvalue weighted by Crippen LogP contribution is -2.33. The Labute approximate surface area is 169 Å². The summed E-state index contributed by atoms with van der Waals surface area (Å²) in [5.74, 6) is -7.91. The first-order valence-electron chi connectivity index (χ1n) is 8.91. The van der Waals surface area contributed by atoms with Crippen LogP contribution in [0.3, 0.4) is 0 Å². The molecule has 156 valence electrons. The second-order valence-electron chi connectivity index (χ2n) is 6.83.